The number of rotatable bonds is 3. The average Bonchev–Trinajstić information content (AvgIpc) is 3.17. The second-order valence-electron chi connectivity index (χ2n) is 7.65. The van der Waals surface area contributed by atoms with Gasteiger partial charge in [-0.25, -0.2) is 0 Å². The van der Waals surface area contributed by atoms with E-state index in [0.29, 0.717) is 24.7 Å². The zero-order chi connectivity index (χ0) is 19.7. The molecule has 1 atom stereocenters. The van der Waals surface area contributed by atoms with E-state index in [1.165, 1.54) is 17.2 Å². The first-order valence-electron chi connectivity index (χ1n) is 9.65. The number of carbonyl (C=O) groups is 1. The van der Waals surface area contributed by atoms with Crippen LogP contribution < -0.4 is 0 Å². The SMILES string of the molecule is O=C(Cc1cccc(C(F)(F)F)c1)N1CC[C@H](N2CCc3ccccc3C2)C1. The molecule has 0 saturated carbocycles. The summed E-state index contributed by atoms with van der Waals surface area (Å²) in [4.78, 5) is 16.9. The van der Waals surface area contributed by atoms with Crippen molar-refractivity contribution in [3.63, 3.8) is 0 Å². The molecule has 0 unspecified atom stereocenters. The van der Waals surface area contributed by atoms with E-state index in [4.69, 9.17) is 0 Å². The lowest BCUT2D eigenvalue weighted by Gasteiger charge is -2.33. The first kappa shape index (κ1) is 19.0. The van der Waals surface area contributed by atoms with Crippen molar-refractivity contribution in [2.75, 3.05) is 19.6 Å². The molecule has 2 aliphatic rings. The normalized spacial score (nSPS) is 20.2. The fourth-order valence-corrected chi connectivity index (χ4v) is 4.24. The van der Waals surface area contributed by atoms with Gasteiger partial charge in [-0.05, 0) is 35.6 Å². The number of nitrogens with zero attached hydrogens (tertiary/aromatic N) is 2. The first-order valence-corrected chi connectivity index (χ1v) is 9.65. The third-order valence-corrected chi connectivity index (χ3v) is 5.80. The summed E-state index contributed by atoms with van der Waals surface area (Å²) in [6.45, 7) is 3.20. The van der Waals surface area contributed by atoms with E-state index in [2.05, 4.69) is 29.2 Å². The lowest BCUT2D eigenvalue weighted by molar-refractivity contribution is -0.138. The molecule has 0 aromatic heterocycles. The number of fused-ring (bicyclic) bond motifs is 1. The van der Waals surface area contributed by atoms with Gasteiger partial charge in [-0.2, -0.15) is 13.2 Å². The Morgan fingerprint density at radius 2 is 1.82 bits per heavy atom. The van der Waals surface area contributed by atoms with Gasteiger partial charge in [0.25, 0.3) is 0 Å². The molecule has 2 aromatic carbocycles. The lowest BCUT2D eigenvalue weighted by Crippen LogP contribution is -2.41. The second-order valence-corrected chi connectivity index (χ2v) is 7.65. The average molecular weight is 388 g/mol. The molecule has 28 heavy (non-hydrogen) atoms. The van der Waals surface area contributed by atoms with Crippen LogP contribution in [-0.2, 0) is 30.4 Å². The Morgan fingerprint density at radius 1 is 1.04 bits per heavy atom. The summed E-state index contributed by atoms with van der Waals surface area (Å²) >= 11 is 0. The number of benzene rings is 2. The summed E-state index contributed by atoms with van der Waals surface area (Å²) in [7, 11) is 0. The Labute approximate surface area is 162 Å². The molecule has 2 heterocycles. The standard InChI is InChI=1S/C22H23F3N2O/c23-22(24,25)19-7-3-4-16(12-19)13-21(28)27-11-9-20(15-27)26-10-8-17-5-1-2-6-18(17)14-26/h1-7,12,20H,8-11,13-15H2/t20-/m0/s1. The maximum Gasteiger partial charge on any atom is 0.416 e. The van der Waals surface area contributed by atoms with Gasteiger partial charge < -0.3 is 4.90 Å². The van der Waals surface area contributed by atoms with Crippen LogP contribution in [0.25, 0.3) is 0 Å². The van der Waals surface area contributed by atoms with Gasteiger partial charge in [0.05, 0.1) is 12.0 Å². The summed E-state index contributed by atoms with van der Waals surface area (Å²) < 4.78 is 38.6. The Hall–Kier alpha value is -2.34. The van der Waals surface area contributed by atoms with Crippen LogP contribution >= 0.6 is 0 Å². The molecule has 6 heteroatoms. The highest BCUT2D eigenvalue weighted by Crippen LogP contribution is 2.30. The number of hydrogen-bond acceptors (Lipinski definition) is 2. The Kier molecular flexibility index (Phi) is 5.15. The summed E-state index contributed by atoms with van der Waals surface area (Å²) in [5.41, 5.74) is 2.45. The molecule has 2 aliphatic heterocycles. The number of carbonyl (C=O) groups excluding carboxylic acids is 1. The maximum absolute atomic E-state index is 12.9. The minimum atomic E-state index is -4.39. The lowest BCUT2D eigenvalue weighted by atomic mass is 9.98. The van der Waals surface area contributed by atoms with Gasteiger partial charge in [0.1, 0.15) is 0 Å². The van der Waals surface area contributed by atoms with E-state index < -0.39 is 11.7 Å². The highest BCUT2D eigenvalue weighted by molar-refractivity contribution is 5.79. The number of amides is 1. The fraction of sp³-hybridized carbons (Fsp3) is 0.409. The second kappa shape index (κ2) is 7.59. The molecule has 0 aliphatic carbocycles. The predicted molar refractivity (Wildman–Crippen MR) is 101 cm³/mol. The van der Waals surface area contributed by atoms with Crippen LogP contribution in [0.15, 0.2) is 48.5 Å². The van der Waals surface area contributed by atoms with Gasteiger partial charge in [0.15, 0.2) is 0 Å². The van der Waals surface area contributed by atoms with Crippen molar-refractivity contribution in [1.82, 2.24) is 9.80 Å². The topological polar surface area (TPSA) is 23.6 Å². The largest absolute Gasteiger partial charge is 0.416 e. The van der Waals surface area contributed by atoms with Crippen molar-refractivity contribution < 1.29 is 18.0 Å². The van der Waals surface area contributed by atoms with Crippen molar-refractivity contribution in [2.24, 2.45) is 0 Å². The Balaban J connectivity index is 1.36. The van der Waals surface area contributed by atoms with Crippen molar-refractivity contribution in [3.8, 4) is 0 Å². The molecule has 0 N–H and O–H groups in total. The van der Waals surface area contributed by atoms with E-state index in [1.807, 2.05) is 0 Å². The summed E-state index contributed by atoms with van der Waals surface area (Å²) in [5, 5.41) is 0. The van der Waals surface area contributed by atoms with Crippen LogP contribution in [0, 0.1) is 0 Å². The van der Waals surface area contributed by atoms with Gasteiger partial charge in [0, 0.05) is 32.2 Å². The van der Waals surface area contributed by atoms with Crippen LogP contribution in [0.5, 0.6) is 0 Å². The van der Waals surface area contributed by atoms with E-state index in [0.717, 1.165) is 38.1 Å². The molecular weight excluding hydrogens is 365 g/mol. The first-order chi connectivity index (χ1) is 13.4. The minimum absolute atomic E-state index is 0.0134. The molecule has 1 amide bonds. The molecule has 1 fully saturated rings. The smallest absolute Gasteiger partial charge is 0.341 e. The van der Waals surface area contributed by atoms with E-state index >= 15 is 0 Å². The number of alkyl halides is 3. The number of hydrogen-bond donors (Lipinski definition) is 0. The number of halogens is 3. The molecule has 0 radical (unpaired) electrons. The predicted octanol–water partition coefficient (Wildman–Crippen LogP) is 3.91. The van der Waals surface area contributed by atoms with Crippen molar-refractivity contribution >= 4 is 5.91 Å². The van der Waals surface area contributed by atoms with Gasteiger partial charge in [0.2, 0.25) is 5.91 Å². The molecule has 4 rings (SSSR count). The summed E-state index contributed by atoms with van der Waals surface area (Å²) in [6.07, 6.45) is -2.44. The molecule has 1 saturated heterocycles. The van der Waals surface area contributed by atoms with Gasteiger partial charge >= 0.3 is 6.18 Å². The number of likely N-dealkylation sites (tertiary alicyclic amines) is 1. The van der Waals surface area contributed by atoms with Crippen LogP contribution in [0.2, 0.25) is 0 Å². The van der Waals surface area contributed by atoms with Crippen molar-refractivity contribution in [1.29, 1.82) is 0 Å². The van der Waals surface area contributed by atoms with Gasteiger partial charge in [-0.3, -0.25) is 9.69 Å². The molecule has 3 nitrogen and oxygen atoms in total. The van der Waals surface area contributed by atoms with Crippen molar-refractivity contribution in [2.45, 2.75) is 38.0 Å². The third kappa shape index (κ3) is 4.07. The van der Waals surface area contributed by atoms with E-state index in [9.17, 15) is 18.0 Å². The quantitative estimate of drug-likeness (QED) is 0.796. The fourth-order valence-electron chi connectivity index (χ4n) is 4.24. The zero-order valence-corrected chi connectivity index (χ0v) is 15.6. The van der Waals surface area contributed by atoms with Crippen LogP contribution in [0.1, 0.15) is 28.7 Å². The molecule has 0 spiro atoms. The highest BCUT2D eigenvalue weighted by Gasteiger charge is 2.33. The van der Waals surface area contributed by atoms with Crippen LogP contribution in [0.4, 0.5) is 13.2 Å². The van der Waals surface area contributed by atoms with E-state index in [-0.39, 0.29) is 12.3 Å². The third-order valence-electron chi connectivity index (χ3n) is 5.80. The van der Waals surface area contributed by atoms with E-state index in [1.54, 1.807) is 11.0 Å². The summed E-state index contributed by atoms with van der Waals surface area (Å²) in [6, 6.07) is 13.8. The van der Waals surface area contributed by atoms with Gasteiger partial charge in [-0.15, -0.1) is 0 Å². The Bertz CT molecular complexity index is 865. The zero-order valence-electron chi connectivity index (χ0n) is 15.6. The monoisotopic (exact) mass is 388 g/mol. The molecule has 0 bridgehead atoms. The molecule has 2 aromatic rings. The Morgan fingerprint density at radius 3 is 2.61 bits per heavy atom. The summed E-state index contributed by atoms with van der Waals surface area (Å²) in [5.74, 6) is -0.0979. The van der Waals surface area contributed by atoms with Crippen LogP contribution in [0.3, 0.4) is 0 Å². The van der Waals surface area contributed by atoms with Crippen molar-refractivity contribution in [3.05, 3.63) is 70.8 Å². The highest BCUT2D eigenvalue weighted by atomic mass is 19.4. The molecular formula is C22H23F3N2O. The van der Waals surface area contributed by atoms with Gasteiger partial charge in [-0.1, -0.05) is 42.5 Å². The minimum Gasteiger partial charge on any atom is -0.341 e. The van der Waals surface area contributed by atoms with Crippen LogP contribution in [-0.4, -0.2) is 41.4 Å². The molecule has 148 valence electrons. The maximum atomic E-state index is 12.9.